The largest absolute Gasteiger partial charge is 0.508 e. The SMILES string of the molecule is O=c1cc(-c2ccc(O)cc2)oc2c([C@H]3OC[C@@H](O)[C@@H](O)[C@H]3O)c(O)c([C@H]3OC[C@@H](O)[C@@H](O)[C@H]3O)c(O)c12. The second-order valence-corrected chi connectivity index (χ2v) is 9.36. The first-order valence-corrected chi connectivity index (χ1v) is 11.7. The van der Waals surface area contributed by atoms with Crippen LogP contribution >= 0.6 is 0 Å². The Hall–Kier alpha value is -3.27. The van der Waals surface area contributed by atoms with E-state index in [4.69, 9.17) is 13.9 Å². The van der Waals surface area contributed by atoms with Gasteiger partial charge in [0.25, 0.3) is 0 Å². The Kier molecular flexibility index (Phi) is 6.79. The van der Waals surface area contributed by atoms with E-state index in [2.05, 4.69) is 0 Å². The van der Waals surface area contributed by atoms with E-state index in [1.54, 1.807) is 0 Å². The Morgan fingerprint density at radius 1 is 0.684 bits per heavy atom. The van der Waals surface area contributed by atoms with Crippen LogP contribution in [0.4, 0.5) is 0 Å². The van der Waals surface area contributed by atoms with Gasteiger partial charge >= 0.3 is 0 Å². The lowest BCUT2D eigenvalue weighted by molar-refractivity contribution is -0.191. The molecule has 204 valence electrons. The minimum absolute atomic E-state index is 0.0475. The second-order valence-electron chi connectivity index (χ2n) is 9.36. The van der Waals surface area contributed by atoms with Crippen LogP contribution in [0.5, 0.6) is 17.2 Å². The fourth-order valence-corrected chi connectivity index (χ4v) is 4.83. The van der Waals surface area contributed by atoms with E-state index < -0.39 is 101 Å². The highest BCUT2D eigenvalue weighted by atomic mass is 16.5. The van der Waals surface area contributed by atoms with E-state index >= 15 is 0 Å². The van der Waals surface area contributed by atoms with Crippen molar-refractivity contribution in [3.63, 3.8) is 0 Å². The molecular formula is C25H26O13. The van der Waals surface area contributed by atoms with Crippen molar-refractivity contribution < 1.29 is 59.8 Å². The van der Waals surface area contributed by atoms with Crippen molar-refractivity contribution in [3.8, 4) is 28.6 Å². The van der Waals surface area contributed by atoms with Gasteiger partial charge in [-0.15, -0.1) is 0 Å². The molecule has 0 unspecified atom stereocenters. The number of aliphatic hydroxyl groups excluding tert-OH is 6. The summed E-state index contributed by atoms with van der Waals surface area (Å²) in [5.41, 5.74) is -1.86. The van der Waals surface area contributed by atoms with Gasteiger partial charge in [-0.05, 0) is 24.3 Å². The highest BCUT2D eigenvalue weighted by Crippen LogP contribution is 2.50. The molecule has 13 heteroatoms. The van der Waals surface area contributed by atoms with Gasteiger partial charge in [0.1, 0.15) is 77.2 Å². The average Bonchev–Trinajstić information content (AvgIpc) is 2.88. The Labute approximate surface area is 213 Å². The van der Waals surface area contributed by atoms with Crippen LogP contribution in [0.15, 0.2) is 39.5 Å². The number of ether oxygens (including phenoxy) is 2. The lowest BCUT2D eigenvalue weighted by Gasteiger charge is -2.38. The van der Waals surface area contributed by atoms with E-state index in [0.29, 0.717) is 5.56 Å². The van der Waals surface area contributed by atoms with Gasteiger partial charge < -0.3 is 59.8 Å². The third-order valence-corrected chi connectivity index (χ3v) is 6.92. The maximum Gasteiger partial charge on any atom is 0.197 e. The predicted octanol–water partition coefficient (Wildman–Crippen LogP) is -1.12. The number of phenols is 3. The maximum atomic E-state index is 13.3. The topological polar surface area (TPSA) is 231 Å². The van der Waals surface area contributed by atoms with Crippen molar-refractivity contribution in [1.29, 1.82) is 0 Å². The zero-order valence-electron chi connectivity index (χ0n) is 19.6. The molecule has 2 aliphatic rings. The van der Waals surface area contributed by atoms with Crippen LogP contribution in [0.2, 0.25) is 0 Å². The number of benzene rings is 2. The van der Waals surface area contributed by atoms with Gasteiger partial charge in [-0.1, -0.05) is 0 Å². The van der Waals surface area contributed by atoms with Crippen molar-refractivity contribution in [1.82, 2.24) is 0 Å². The van der Waals surface area contributed by atoms with Crippen LogP contribution in [0.3, 0.4) is 0 Å². The van der Waals surface area contributed by atoms with Crippen LogP contribution < -0.4 is 5.43 Å². The molecule has 13 nitrogen and oxygen atoms in total. The maximum absolute atomic E-state index is 13.3. The number of phenolic OH excluding ortho intramolecular Hbond substituents is 3. The summed E-state index contributed by atoms with van der Waals surface area (Å²) >= 11 is 0. The van der Waals surface area contributed by atoms with Crippen LogP contribution in [0, 0.1) is 0 Å². The van der Waals surface area contributed by atoms with Gasteiger partial charge in [0.05, 0.1) is 24.3 Å². The zero-order valence-corrected chi connectivity index (χ0v) is 19.6. The molecule has 0 amide bonds. The summed E-state index contributed by atoms with van der Waals surface area (Å²) in [5.74, 6) is -1.80. The number of hydrogen-bond donors (Lipinski definition) is 9. The molecule has 0 aliphatic carbocycles. The molecule has 8 atom stereocenters. The highest BCUT2D eigenvalue weighted by Gasteiger charge is 2.46. The van der Waals surface area contributed by atoms with Crippen molar-refractivity contribution in [2.75, 3.05) is 13.2 Å². The molecule has 3 heterocycles. The van der Waals surface area contributed by atoms with Crippen molar-refractivity contribution in [2.45, 2.75) is 48.8 Å². The van der Waals surface area contributed by atoms with Gasteiger partial charge in [-0.25, -0.2) is 0 Å². The fraction of sp³-hybridized carbons (Fsp3) is 0.400. The minimum atomic E-state index is -1.85. The Morgan fingerprint density at radius 2 is 1.21 bits per heavy atom. The van der Waals surface area contributed by atoms with Crippen molar-refractivity contribution >= 4 is 11.0 Å². The van der Waals surface area contributed by atoms with Crippen molar-refractivity contribution in [3.05, 3.63) is 51.7 Å². The van der Waals surface area contributed by atoms with Gasteiger partial charge in [0.2, 0.25) is 0 Å². The first-order chi connectivity index (χ1) is 18.0. The Morgan fingerprint density at radius 3 is 1.76 bits per heavy atom. The number of rotatable bonds is 3. The average molecular weight is 534 g/mol. The summed E-state index contributed by atoms with van der Waals surface area (Å²) < 4.78 is 16.8. The van der Waals surface area contributed by atoms with Crippen molar-refractivity contribution in [2.24, 2.45) is 0 Å². The molecule has 2 aromatic carbocycles. The number of aliphatic hydroxyl groups is 6. The molecule has 2 fully saturated rings. The number of hydrogen-bond acceptors (Lipinski definition) is 13. The first kappa shape index (κ1) is 26.3. The first-order valence-electron chi connectivity index (χ1n) is 11.7. The Balaban J connectivity index is 1.80. The molecule has 0 spiro atoms. The summed E-state index contributed by atoms with van der Waals surface area (Å²) in [6, 6.07) is 6.60. The third-order valence-electron chi connectivity index (χ3n) is 6.92. The van der Waals surface area contributed by atoms with E-state index in [-0.39, 0.29) is 11.5 Å². The molecule has 1 aromatic heterocycles. The molecule has 0 radical (unpaired) electrons. The van der Waals surface area contributed by atoms with Crippen LogP contribution in [-0.4, -0.2) is 95.8 Å². The van der Waals surface area contributed by atoms with E-state index in [1.165, 1.54) is 24.3 Å². The molecule has 0 bridgehead atoms. The van der Waals surface area contributed by atoms with Crippen LogP contribution in [0.25, 0.3) is 22.3 Å². The highest BCUT2D eigenvalue weighted by molar-refractivity contribution is 5.91. The minimum Gasteiger partial charge on any atom is -0.508 e. The van der Waals surface area contributed by atoms with Crippen LogP contribution in [0.1, 0.15) is 23.3 Å². The zero-order chi connectivity index (χ0) is 27.5. The lowest BCUT2D eigenvalue weighted by Crippen LogP contribution is -2.49. The van der Waals surface area contributed by atoms with Gasteiger partial charge in [0, 0.05) is 11.6 Å². The lowest BCUT2D eigenvalue weighted by atomic mass is 9.87. The standard InChI is InChI=1S/C25H26O13/c26-9-3-1-8(2-4-9)13-5-10(27)14-19(32)15(24-21(34)17(30)11(28)6-36-24)20(33)16(23(14)38-13)25-22(35)18(31)12(29)7-37-25/h1-5,11-12,17-18,21-22,24-26,28-35H,6-7H2/t11-,12-,17-,18-,21-,22-,24-,25-/m1/s1. The fourth-order valence-electron chi connectivity index (χ4n) is 4.83. The third kappa shape index (κ3) is 4.19. The molecule has 0 saturated carbocycles. The van der Waals surface area contributed by atoms with Gasteiger partial charge in [-0.3, -0.25) is 4.79 Å². The summed E-state index contributed by atoms with van der Waals surface area (Å²) in [6.45, 7) is -0.966. The summed E-state index contributed by atoms with van der Waals surface area (Å²) in [5, 5.41) is 93.1. The monoisotopic (exact) mass is 534 g/mol. The second kappa shape index (κ2) is 9.80. The normalized spacial score (nSPS) is 31.9. The Bertz CT molecular complexity index is 1400. The smallest absolute Gasteiger partial charge is 0.197 e. The van der Waals surface area contributed by atoms with E-state index in [0.717, 1.165) is 6.07 Å². The molecule has 2 aliphatic heterocycles. The summed E-state index contributed by atoms with van der Waals surface area (Å²) in [7, 11) is 0. The van der Waals surface area contributed by atoms with Crippen LogP contribution in [-0.2, 0) is 9.47 Å². The number of fused-ring (bicyclic) bond motifs is 1. The predicted molar refractivity (Wildman–Crippen MR) is 126 cm³/mol. The van der Waals surface area contributed by atoms with Gasteiger partial charge in [0.15, 0.2) is 11.0 Å². The quantitative estimate of drug-likeness (QED) is 0.194. The van der Waals surface area contributed by atoms with E-state index in [1.807, 2.05) is 0 Å². The van der Waals surface area contributed by atoms with E-state index in [9.17, 15) is 50.8 Å². The molecule has 2 saturated heterocycles. The molecular weight excluding hydrogens is 508 g/mol. The number of aromatic hydroxyl groups is 3. The summed E-state index contributed by atoms with van der Waals surface area (Å²) in [6.07, 6.45) is -13.3. The molecule has 5 rings (SSSR count). The van der Waals surface area contributed by atoms with Gasteiger partial charge in [-0.2, -0.15) is 0 Å². The molecule has 9 N–H and O–H groups in total. The molecule has 38 heavy (non-hydrogen) atoms. The summed E-state index contributed by atoms with van der Waals surface area (Å²) in [4.78, 5) is 13.3. The molecule has 3 aromatic rings.